The van der Waals surface area contributed by atoms with Gasteiger partial charge < -0.3 is 9.84 Å². The molecule has 0 saturated carbocycles. The van der Waals surface area contributed by atoms with Crippen molar-refractivity contribution in [2.75, 3.05) is 26.3 Å². The van der Waals surface area contributed by atoms with Crippen LogP contribution in [0.15, 0.2) is 0 Å². The quantitative estimate of drug-likeness (QED) is 0.684. The van der Waals surface area contributed by atoms with Gasteiger partial charge in [0.05, 0.1) is 12.7 Å². The molecule has 0 bridgehead atoms. The van der Waals surface area contributed by atoms with E-state index in [9.17, 15) is 5.11 Å². The third-order valence-electron chi connectivity index (χ3n) is 3.25. The molecule has 0 aromatic carbocycles. The number of rotatable bonds is 6. The second kappa shape index (κ2) is 7.20. The van der Waals surface area contributed by atoms with Gasteiger partial charge in [-0.25, -0.2) is 0 Å². The van der Waals surface area contributed by atoms with Crippen LogP contribution in [0.5, 0.6) is 0 Å². The topological polar surface area (TPSA) is 32.7 Å². The Morgan fingerprint density at radius 1 is 1.40 bits per heavy atom. The van der Waals surface area contributed by atoms with Crippen LogP contribution in [-0.2, 0) is 4.74 Å². The predicted octanol–water partition coefficient (Wildman–Crippen LogP) is 1.65. The van der Waals surface area contributed by atoms with E-state index in [4.69, 9.17) is 4.74 Å². The zero-order chi connectivity index (χ0) is 11.1. The molecule has 2 atom stereocenters. The highest BCUT2D eigenvalue weighted by atomic mass is 16.5. The first kappa shape index (κ1) is 12.9. The first-order chi connectivity index (χ1) is 7.29. The van der Waals surface area contributed by atoms with Gasteiger partial charge in [0.25, 0.3) is 0 Å². The van der Waals surface area contributed by atoms with Crippen molar-refractivity contribution in [3.8, 4) is 0 Å². The zero-order valence-electron chi connectivity index (χ0n) is 10.1. The van der Waals surface area contributed by atoms with E-state index in [1.165, 1.54) is 12.8 Å². The third kappa shape index (κ3) is 4.09. The SMILES string of the molecule is CCOCCN1CCCC[C@H]1[C@@H](O)CC. The predicted molar refractivity (Wildman–Crippen MR) is 62.0 cm³/mol. The summed E-state index contributed by atoms with van der Waals surface area (Å²) in [5.74, 6) is 0. The molecule has 1 rings (SSSR count). The van der Waals surface area contributed by atoms with Crippen LogP contribution >= 0.6 is 0 Å². The van der Waals surface area contributed by atoms with E-state index in [1.54, 1.807) is 0 Å². The first-order valence-corrected chi connectivity index (χ1v) is 6.29. The Bertz CT molecular complexity index is 164. The van der Waals surface area contributed by atoms with E-state index in [-0.39, 0.29) is 6.10 Å². The molecular formula is C12H25NO2. The normalized spacial score (nSPS) is 25.4. The van der Waals surface area contributed by atoms with Gasteiger partial charge in [-0.15, -0.1) is 0 Å². The van der Waals surface area contributed by atoms with Gasteiger partial charge in [-0.3, -0.25) is 4.90 Å². The Balaban J connectivity index is 2.35. The number of ether oxygens (including phenoxy) is 1. The van der Waals surface area contributed by atoms with Crippen molar-refractivity contribution >= 4 is 0 Å². The van der Waals surface area contributed by atoms with Crippen molar-refractivity contribution in [1.29, 1.82) is 0 Å². The Hall–Kier alpha value is -0.120. The standard InChI is InChI=1S/C12H25NO2/c1-3-12(14)11-7-5-6-8-13(11)9-10-15-4-2/h11-12,14H,3-10H2,1-2H3/t11-,12-/m0/s1. The summed E-state index contributed by atoms with van der Waals surface area (Å²) in [4.78, 5) is 2.40. The smallest absolute Gasteiger partial charge is 0.0692 e. The molecule has 1 N–H and O–H groups in total. The highest BCUT2D eigenvalue weighted by Gasteiger charge is 2.27. The second-order valence-corrected chi connectivity index (χ2v) is 4.27. The number of aliphatic hydroxyl groups is 1. The molecule has 0 amide bonds. The van der Waals surface area contributed by atoms with E-state index in [1.807, 2.05) is 6.92 Å². The number of hydrogen-bond donors (Lipinski definition) is 1. The Kier molecular flexibility index (Phi) is 6.22. The molecule has 3 nitrogen and oxygen atoms in total. The van der Waals surface area contributed by atoms with Crippen molar-refractivity contribution in [3.05, 3.63) is 0 Å². The summed E-state index contributed by atoms with van der Waals surface area (Å²) in [6.07, 6.45) is 4.36. The van der Waals surface area contributed by atoms with Crippen molar-refractivity contribution in [2.24, 2.45) is 0 Å². The number of aliphatic hydroxyl groups excluding tert-OH is 1. The van der Waals surface area contributed by atoms with Gasteiger partial charge in [-0.05, 0) is 32.7 Å². The molecular weight excluding hydrogens is 190 g/mol. The summed E-state index contributed by atoms with van der Waals surface area (Å²) in [5, 5.41) is 9.93. The van der Waals surface area contributed by atoms with Crippen molar-refractivity contribution in [3.63, 3.8) is 0 Å². The van der Waals surface area contributed by atoms with Crippen LogP contribution in [0, 0.1) is 0 Å². The van der Waals surface area contributed by atoms with Gasteiger partial charge >= 0.3 is 0 Å². The molecule has 0 aliphatic carbocycles. The lowest BCUT2D eigenvalue weighted by atomic mass is 9.96. The summed E-state index contributed by atoms with van der Waals surface area (Å²) >= 11 is 0. The molecule has 1 heterocycles. The van der Waals surface area contributed by atoms with E-state index in [0.717, 1.165) is 39.1 Å². The number of piperidine rings is 1. The lowest BCUT2D eigenvalue weighted by Gasteiger charge is -2.38. The maximum atomic E-state index is 9.93. The van der Waals surface area contributed by atoms with Crippen molar-refractivity contribution in [2.45, 2.75) is 51.7 Å². The lowest BCUT2D eigenvalue weighted by Crippen LogP contribution is -2.47. The summed E-state index contributed by atoms with van der Waals surface area (Å²) < 4.78 is 5.37. The van der Waals surface area contributed by atoms with Gasteiger partial charge in [0.2, 0.25) is 0 Å². The number of nitrogens with zero attached hydrogens (tertiary/aromatic N) is 1. The fraction of sp³-hybridized carbons (Fsp3) is 1.00. The van der Waals surface area contributed by atoms with Gasteiger partial charge in [-0.2, -0.15) is 0 Å². The van der Waals surface area contributed by atoms with Crippen molar-refractivity contribution < 1.29 is 9.84 Å². The number of likely N-dealkylation sites (tertiary alicyclic amines) is 1. The molecule has 3 heteroatoms. The Morgan fingerprint density at radius 2 is 2.20 bits per heavy atom. The monoisotopic (exact) mass is 215 g/mol. The highest BCUT2D eigenvalue weighted by molar-refractivity contribution is 4.82. The van der Waals surface area contributed by atoms with Crippen LogP contribution in [0.4, 0.5) is 0 Å². The maximum Gasteiger partial charge on any atom is 0.0692 e. The highest BCUT2D eigenvalue weighted by Crippen LogP contribution is 2.20. The van der Waals surface area contributed by atoms with E-state index in [0.29, 0.717) is 6.04 Å². The second-order valence-electron chi connectivity index (χ2n) is 4.27. The van der Waals surface area contributed by atoms with Gasteiger partial charge in [0, 0.05) is 19.2 Å². The number of hydrogen-bond acceptors (Lipinski definition) is 3. The summed E-state index contributed by atoms with van der Waals surface area (Å²) in [7, 11) is 0. The molecule has 0 radical (unpaired) electrons. The average molecular weight is 215 g/mol. The molecule has 0 aromatic heterocycles. The van der Waals surface area contributed by atoms with Crippen LogP contribution in [0.1, 0.15) is 39.5 Å². The van der Waals surface area contributed by atoms with Crippen LogP contribution in [0.25, 0.3) is 0 Å². The fourth-order valence-electron chi connectivity index (χ4n) is 2.33. The molecule has 0 unspecified atom stereocenters. The summed E-state index contributed by atoms with van der Waals surface area (Å²) in [6.45, 7) is 7.75. The van der Waals surface area contributed by atoms with E-state index in [2.05, 4.69) is 11.8 Å². The first-order valence-electron chi connectivity index (χ1n) is 6.29. The molecule has 1 aliphatic heterocycles. The van der Waals surface area contributed by atoms with Crippen LogP contribution in [0.2, 0.25) is 0 Å². The maximum absolute atomic E-state index is 9.93. The summed E-state index contributed by atoms with van der Waals surface area (Å²) in [5.41, 5.74) is 0. The minimum absolute atomic E-state index is 0.160. The minimum atomic E-state index is -0.160. The lowest BCUT2D eigenvalue weighted by molar-refractivity contribution is 0.00736. The van der Waals surface area contributed by atoms with E-state index < -0.39 is 0 Å². The van der Waals surface area contributed by atoms with Gasteiger partial charge in [-0.1, -0.05) is 13.3 Å². The Morgan fingerprint density at radius 3 is 2.87 bits per heavy atom. The van der Waals surface area contributed by atoms with Crippen LogP contribution in [0.3, 0.4) is 0 Å². The molecule has 15 heavy (non-hydrogen) atoms. The minimum Gasteiger partial charge on any atom is -0.392 e. The molecule has 1 saturated heterocycles. The summed E-state index contributed by atoms with van der Waals surface area (Å²) in [6, 6.07) is 0.365. The zero-order valence-corrected chi connectivity index (χ0v) is 10.1. The van der Waals surface area contributed by atoms with Gasteiger partial charge in [0.15, 0.2) is 0 Å². The molecule has 90 valence electrons. The molecule has 1 fully saturated rings. The Labute approximate surface area is 93.4 Å². The molecule has 1 aliphatic rings. The fourth-order valence-corrected chi connectivity index (χ4v) is 2.33. The van der Waals surface area contributed by atoms with Crippen molar-refractivity contribution in [1.82, 2.24) is 4.90 Å². The van der Waals surface area contributed by atoms with Gasteiger partial charge in [0.1, 0.15) is 0 Å². The van der Waals surface area contributed by atoms with E-state index >= 15 is 0 Å². The third-order valence-corrected chi connectivity index (χ3v) is 3.25. The molecule has 0 aromatic rings. The largest absolute Gasteiger partial charge is 0.392 e. The van der Waals surface area contributed by atoms with Crippen LogP contribution in [-0.4, -0.2) is 48.5 Å². The average Bonchev–Trinajstić information content (AvgIpc) is 2.29. The molecule has 0 spiro atoms. The van der Waals surface area contributed by atoms with Crippen LogP contribution < -0.4 is 0 Å².